The highest BCUT2D eigenvalue weighted by Gasteiger charge is 2.11. The van der Waals surface area contributed by atoms with Gasteiger partial charge in [-0.25, -0.2) is 0 Å². The van der Waals surface area contributed by atoms with Crippen molar-refractivity contribution in [1.29, 1.82) is 5.41 Å². The van der Waals surface area contributed by atoms with Gasteiger partial charge in [0.05, 0.1) is 0 Å². The predicted molar refractivity (Wildman–Crippen MR) is 83.9 cm³/mol. The molecule has 0 radical (unpaired) electrons. The Labute approximate surface area is 119 Å². The van der Waals surface area contributed by atoms with Gasteiger partial charge in [0, 0.05) is 17.5 Å². The fraction of sp³-hybridized carbons (Fsp3) is 0.235. The van der Waals surface area contributed by atoms with Gasteiger partial charge in [0.1, 0.15) is 0 Å². The topological polar surface area (TPSA) is 23.9 Å². The summed E-state index contributed by atoms with van der Waals surface area (Å²) in [4.78, 5) is 0. The van der Waals surface area contributed by atoms with Crippen LogP contribution in [-0.2, 0) is 0 Å². The van der Waals surface area contributed by atoms with E-state index in [1.807, 2.05) is 30.4 Å². The molecule has 1 aromatic carbocycles. The first-order chi connectivity index (χ1) is 9.29. The van der Waals surface area contributed by atoms with E-state index in [2.05, 4.69) is 30.4 Å². The zero-order valence-corrected chi connectivity index (χ0v) is 11.6. The molecule has 0 amide bonds. The highest BCUT2D eigenvalue weighted by molar-refractivity contribution is 6.17. The molecule has 1 aromatic rings. The summed E-state index contributed by atoms with van der Waals surface area (Å²) in [5.74, 6) is 0.767. The molecule has 98 valence electrons. The van der Waals surface area contributed by atoms with Crippen molar-refractivity contribution in [3.8, 4) is 0 Å². The van der Waals surface area contributed by atoms with Crippen molar-refractivity contribution in [2.75, 3.05) is 5.88 Å². The minimum absolute atomic E-state index is 0.0792. The fourth-order valence-corrected chi connectivity index (χ4v) is 2.19. The molecule has 2 rings (SSSR count). The Morgan fingerprint density at radius 1 is 1.16 bits per heavy atom. The molecule has 0 fully saturated rings. The maximum atomic E-state index is 7.97. The van der Waals surface area contributed by atoms with E-state index >= 15 is 0 Å². The first kappa shape index (κ1) is 13.8. The summed E-state index contributed by atoms with van der Waals surface area (Å²) in [5.41, 5.74) is 3.08. The van der Waals surface area contributed by atoms with Gasteiger partial charge < -0.3 is 5.41 Å². The summed E-state index contributed by atoms with van der Waals surface area (Å²) < 4.78 is 0. The van der Waals surface area contributed by atoms with Crippen LogP contribution >= 0.6 is 11.6 Å². The molecule has 2 heteroatoms. The number of nitrogens with one attached hydrogen (secondary N) is 1. The summed E-state index contributed by atoms with van der Waals surface area (Å²) in [6.45, 7) is 0. The lowest BCUT2D eigenvalue weighted by atomic mass is 9.91. The molecule has 1 N–H and O–H groups in total. The van der Waals surface area contributed by atoms with Gasteiger partial charge in [-0.2, -0.15) is 0 Å². The maximum absolute atomic E-state index is 7.97. The van der Waals surface area contributed by atoms with E-state index in [9.17, 15) is 0 Å². The molecule has 1 atom stereocenters. The number of allylic oxidation sites excluding steroid dienone is 5. The third-order valence-electron chi connectivity index (χ3n) is 3.12. The first-order valence-electron chi connectivity index (χ1n) is 6.56. The Bertz CT molecular complexity index is 511. The van der Waals surface area contributed by atoms with E-state index in [4.69, 9.17) is 17.0 Å². The Kier molecular flexibility index (Phi) is 5.17. The predicted octanol–water partition coefficient (Wildman–Crippen LogP) is 4.85. The van der Waals surface area contributed by atoms with Crippen LogP contribution < -0.4 is 0 Å². The Balaban J connectivity index is 2.06. The van der Waals surface area contributed by atoms with Crippen LogP contribution in [0.5, 0.6) is 0 Å². The molecule has 0 saturated heterocycles. The zero-order valence-electron chi connectivity index (χ0n) is 10.9. The van der Waals surface area contributed by atoms with Crippen molar-refractivity contribution in [1.82, 2.24) is 0 Å². The largest absolute Gasteiger partial charge is 0.304 e. The van der Waals surface area contributed by atoms with Crippen molar-refractivity contribution < 1.29 is 0 Å². The van der Waals surface area contributed by atoms with Gasteiger partial charge in [0.15, 0.2) is 0 Å². The molecule has 0 aromatic heterocycles. The lowest BCUT2D eigenvalue weighted by Crippen LogP contribution is -2.10. The fourth-order valence-electron chi connectivity index (χ4n) is 2.06. The summed E-state index contributed by atoms with van der Waals surface area (Å²) >= 11 is 5.72. The number of rotatable bonds is 5. The summed E-state index contributed by atoms with van der Waals surface area (Å²) in [6, 6.07) is 10.2. The van der Waals surface area contributed by atoms with E-state index in [-0.39, 0.29) is 5.92 Å². The highest BCUT2D eigenvalue weighted by atomic mass is 35.5. The minimum Gasteiger partial charge on any atom is -0.304 e. The summed E-state index contributed by atoms with van der Waals surface area (Å²) in [5, 5.41) is 7.97. The SMILES string of the molecule is N=C1C=CC(CCCCl)=CC1C=Cc1ccccc1. The van der Waals surface area contributed by atoms with E-state index in [1.54, 1.807) is 0 Å². The third-order valence-corrected chi connectivity index (χ3v) is 3.39. The Hall–Kier alpha value is -1.60. The maximum Gasteiger partial charge on any atom is 0.0420 e. The van der Waals surface area contributed by atoms with Crippen molar-refractivity contribution in [2.24, 2.45) is 5.92 Å². The number of benzene rings is 1. The molecule has 0 bridgehead atoms. The molecule has 0 aliphatic heterocycles. The van der Waals surface area contributed by atoms with E-state index in [0.29, 0.717) is 11.6 Å². The second kappa shape index (κ2) is 7.10. The standard InChI is InChI=1S/C17H18ClN/c18-12-4-7-15-9-11-17(19)16(13-15)10-8-14-5-2-1-3-6-14/h1-3,5-6,8-11,13,16,19H,4,7,12H2. The summed E-state index contributed by atoms with van der Waals surface area (Å²) in [7, 11) is 0. The van der Waals surface area contributed by atoms with Crippen LogP contribution in [0.2, 0.25) is 0 Å². The summed E-state index contributed by atoms with van der Waals surface area (Å²) in [6.07, 6.45) is 12.2. The molecule has 1 aliphatic rings. The molecular formula is C17H18ClN. The number of alkyl halides is 1. The molecule has 1 unspecified atom stereocenters. The van der Waals surface area contributed by atoms with Crippen molar-refractivity contribution in [3.63, 3.8) is 0 Å². The smallest absolute Gasteiger partial charge is 0.0420 e. The lowest BCUT2D eigenvalue weighted by molar-refractivity contribution is 0.913. The van der Waals surface area contributed by atoms with Crippen LogP contribution in [0, 0.1) is 11.3 Å². The molecule has 0 spiro atoms. The van der Waals surface area contributed by atoms with Crippen LogP contribution in [0.15, 0.2) is 60.2 Å². The van der Waals surface area contributed by atoms with Gasteiger partial charge >= 0.3 is 0 Å². The lowest BCUT2D eigenvalue weighted by Gasteiger charge is -2.14. The second-order valence-electron chi connectivity index (χ2n) is 4.62. The van der Waals surface area contributed by atoms with Gasteiger partial charge in [-0.05, 0) is 24.5 Å². The number of hydrogen-bond acceptors (Lipinski definition) is 1. The van der Waals surface area contributed by atoms with Crippen molar-refractivity contribution >= 4 is 23.4 Å². The minimum atomic E-state index is 0.0792. The van der Waals surface area contributed by atoms with Gasteiger partial charge in [-0.15, -0.1) is 11.6 Å². The highest BCUT2D eigenvalue weighted by Crippen LogP contribution is 2.20. The number of hydrogen-bond donors (Lipinski definition) is 1. The first-order valence-corrected chi connectivity index (χ1v) is 7.09. The average Bonchev–Trinajstić information content (AvgIpc) is 2.46. The van der Waals surface area contributed by atoms with Crippen LogP contribution in [-0.4, -0.2) is 11.6 Å². The van der Waals surface area contributed by atoms with Crippen LogP contribution in [0.3, 0.4) is 0 Å². The Morgan fingerprint density at radius 3 is 2.68 bits per heavy atom. The quantitative estimate of drug-likeness (QED) is 0.740. The van der Waals surface area contributed by atoms with Crippen LogP contribution in [0.1, 0.15) is 18.4 Å². The molecule has 19 heavy (non-hydrogen) atoms. The molecule has 1 nitrogen and oxygen atoms in total. The molecular weight excluding hydrogens is 254 g/mol. The molecule has 1 aliphatic carbocycles. The van der Waals surface area contributed by atoms with Crippen molar-refractivity contribution in [2.45, 2.75) is 12.8 Å². The average molecular weight is 272 g/mol. The van der Waals surface area contributed by atoms with E-state index < -0.39 is 0 Å². The van der Waals surface area contributed by atoms with Gasteiger partial charge in [0.2, 0.25) is 0 Å². The molecule has 0 saturated carbocycles. The number of halogens is 1. The van der Waals surface area contributed by atoms with Crippen LogP contribution in [0.4, 0.5) is 0 Å². The third kappa shape index (κ3) is 4.22. The second-order valence-corrected chi connectivity index (χ2v) is 5.00. The zero-order chi connectivity index (χ0) is 13.5. The van der Waals surface area contributed by atoms with Gasteiger partial charge in [0.25, 0.3) is 0 Å². The van der Waals surface area contributed by atoms with Gasteiger partial charge in [-0.1, -0.05) is 60.2 Å². The van der Waals surface area contributed by atoms with E-state index in [0.717, 1.165) is 12.8 Å². The monoisotopic (exact) mass is 271 g/mol. The van der Waals surface area contributed by atoms with E-state index in [1.165, 1.54) is 11.1 Å². The van der Waals surface area contributed by atoms with Crippen LogP contribution in [0.25, 0.3) is 6.08 Å². The van der Waals surface area contributed by atoms with Gasteiger partial charge in [-0.3, -0.25) is 0 Å². The van der Waals surface area contributed by atoms with Crippen molar-refractivity contribution in [3.05, 3.63) is 65.8 Å². The normalized spacial score (nSPS) is 18.9. The molecule has 0 heterocycles. The Morgan fingerprint density at radius 2 is 1.95 bits per heavy atom.